The van der Waals surface area contributed by atoms with Crippen LogP contribution in [0.1, 0.15) is 172 Å². The van der Waals surface area contributed by atoms with Gasteiger partial charge in [-0.2, -0.15) is 0 Å². The van der Waals surface area contributed by atoms with Crippen molar-refractivity contribution in [3.63, 3.8) is 0 Å². The highest BCUT2D eigenvalue weighted by atomic mass is 16.6. The molecule has 284 valence electrons. The summed E-state index contributed by atoms with van der Waals surface area (Å²) < 4.78 is 18.0. The first-order chi connectivity index (χ1) is 24.9. The molecule has 5 aliphatic rings. The van der Waals surface area contributed by atoms with Crippen LogP contribution in [-0.2, 0) is 26.2 Å². The fourth-order valence-corrected chi connectivity index (χ4v) is 9.92. The molecule has 7 nitrogen and oxygen atoms in total. The van der Waals surface area contributed by atoms with E-state index in [9.17, 15) is 14.7 Å². The Balaban J connectivity index is 0.855. The molecule has 3 fully saturated rings. The molecule has 0 amide bonds. The molecule has 6 rings (SSSR count). The van der Waals surface area contributed by atoms with Crippen LogP contribution in [0.5, 0.6) is 11.5 Å². The minimum Gasteiger partial charge on any atom is -0.481 e. The summed E-state index contributed by atoms with van der Waals surface area (Å²) in [6.45, 7) is 9.13. The maximum Gasteiger partial charge on any atom is 0.311 e. The molecule has 0 radical (unpaired) electrons. The highest BCUT2D eigenvalue weighted by Crippen LogP contribution is 2.66. The number of hydrogen-bond donors (Lipinski definition) is 1. The van der Waals surface area contributed by atoms with Crippen molar-refractivity contribution in [2.45, 2.75) is 191 Å². The summed E-state index contributed by atoms with van der Waals surface area (Å²) in [5, 5.41) is 12.6. The Morgan fingerprint density at radius 3 is 2.14 bits per heavy atom. The van der Waals surface area contributed by atoms with Gasteiger partial charge in [0.15, 0.2) is 11.5 Å². The van der Waals surface area contributed by atoms with Gasteiger partial charge in [0.05, 0.1) is 17.6 Å². The van der Waals surface area contributed by atoms with Crippen LogP contribution in [-0.4, -0.2) is 59.4 Å². The number of unbranched alkanes of at least 4 members (excludes halogenated alkanes) is 15. The summed E-state index contributed by atoms with van der Waals surface area (Å²) in [6.07, 6.45) is 27.1. The van der Waals surface area contributed by atoms with E-state index in [-0.39, 0.29) is 36.9 Å². The zero-order chi connectivity index (χ0) is 35.7. The van der Waals surface area contributed by atoms with Gasteiger partial charge in [-0.15, -0.1) is 0 Å². The van der Waals surface area contributed by atoms with Crippen molar-refractivity contribution >= 4 is 11.9 Å². The van der Waals surface area contributed by atoms with E-state index < -0.39 is 11.0 Å². The van der Waals surface area contributed by atoms with E-state index in [1.165, 1.54) is 108 Å². The van der Waals surface area contributed by atoms with Gasteiger partial charge >= 0.3 is 11.9 Å². The monoisotopic (exact) mass is 705 g/mol. The average molecular weight is 706 g/mol. The second-order valence-corrected chi connectivity index (χ2v) is 16.7. The molecule has 7 heteroatoms. The first kappa shape index (κ1) is 38.3. The van der Waals surface area contributed by atoms with E-state index >= 15 is 0 Å². The van der Waals surface area contributed by atoms with Crippen LogP contribution in [0.15, 0.2) is 24.3 Å². The van der Waals surface area contributed by atoms with Crippen molar-refractivity contribution in [2.24, 2.45) is 5.92 Å². The van der Waals surface area contributed by atoms with Gasteiger partial charge in [-0.3, -0.25) is 14.5 Å². The molecule has 1 aromatic rings. The maximum atomic E-state index is 13.0. The third-order valence-electron chi connectivity index (χ3n) is 12.9. The summed E-state index contributed by atoms with van der Waals surface area (Å²) in [6, 6.07) is 4.01. The SMILES string of the molecule is C=C1CC[C@@]2(O)[C@H]3Cc4ccc(OC(=O)CCCC(=O)OCCCCCCCCCCCCCCCCCC)c5c4[C@@]2(CCN3CC2CC2)[C@H]1O5. The van der Waals surface area contributed by atoms with Gasteiger partial charge in [0.25, 0.3) is 0 Å². The van der Waals surface area contributed by atoms with Gasteiger partial charge in [-0.25, -0.2) is 0 Å². The van der Waals surface area contributed by atoms with Crippen molar-refractivity contribution in [2.75, 3.05) is 19.7 Å². The highest BCUT2D eigenvalue weighted by Gasteiger charge is 2.72. The molecule has 0 aromatic heterocycles. The molecule has 1 saturated heterocycles. The van der Waals surface area contributed by atoms with Gasteiger partial charge in [-0.05, 0) is 81.0 Å². The first-order valence-electron chi connectivity index (χ1n) is 21.2. The number of aliphatic hydroxyl groups is 1. The topological polar surface area (TPSA) is 85.3 Å². The van der Waals surface area contributed by atoms with Crippen LogP contribution in [0.4, 0.5) is 0 Å². The molecule has 1 spiro atoms. The van der Waals surface area contributed by atoms with E-state index in [4.69, 9.17) is 14.2 Å². The van der Waals surface area contributed by atoms with Crippen LogP contribution >= 0.6 is 0 Å². The van der Waals surface area contributed by atoms with Crippen LogP contribution in [0.25, 0.3) is 0 Å². The lowest BCUT2D eigenvalue weighted by molar-refractivity contribution is -0.174. The van der Waals surface area contributed by atoms with E-state index in [0.29, 0.717) is 30.9 Å². The minimum absolute atomic E-state index is 0.0710. The van der Waals surface area contributed by atoms with Gasteiger partial charge in [-0.1, -0.05) is 116 Å². The normalized spacial score (nSPS) is 26.1. The average Bonchev–Trinajstić information content (AvgIpc) is 3.86. The number of esters is 2. The van der Waals surface area contributed by atoms with Crippen molar-refractivity contribution in [3.8, 4) is 11.5 Å². The molecule has 4 atom stereocenters. The van der Waals surface area contributed by atoms with E-state index in [2.05, 4.69) is 24.5 Å². The highest BCUT2D eigenvalue weighted by molar-refractivity contribution is 5.76. The second-order valence-electron chi connectivity index (χ2n) is 16.7. The standard InChI is InChI=1S/C44H67NO6/c1-3-4-5-6-7-8-9-10-11-12-13-14-15-16-17-18-30-49-38(46)20-19-21-39(47)50-36-25-24-35-31-37-44(48)27-26-33(2)42-43(44,40(35)41(36)51-42)28-29-45(37)32-34-22-23-34/h24-25,34,37,42,48H,2-23,26-32H2,1H3/t37-,42+,43+,44-/m1/s1. The number of hydrogen-bond acceptors (Lipinski definition) is 7. The van der Waals surface area contributed by atoms with Crippen molar-refractivity contribution in [1.29, 1.82) is 0 Å². The Morgan fingerprint density at radius 1 is 0.863 bits per heavy atom. The first-order valence-corrected chi connectivity index (χ1v) is 21.2. The number of rotatable bonds is 24. The molecule has 1 N–H and O–H groups in total. The molecule has 0 unspecified atom stereocenters. The smallest absolute Gasteiger partial charge is 0.311 e. The molecule has 2 bridgehead atoms. The summed E-state index contributed by atoms with van der Waals surface area (Å²) >= 11 is 0. The summed E-state index contributed by atoms with van der Waals surface area (Å²) in [5.74, 6) is 1.17. The van der Waals surface area contributed by atoms with Gasteiger partial charge in [0.1, 0.15) is 6.10 Å². The third kappa shape index (κ3) is 8.88. The number of piperidine rings is 1. The fraction of sp³-hybridized carbons (Fsp3) is 0.773. The number of benzene rings is 1. The second kappa shape index (κ2) is 18.1. The fourth-order valence-electron chi connectivity index (χ4n) is 9.92. The number of nitrogens with zero attached hydrogens (tertiary/aromatic N) is 1. The lowest BCUT2D eigenvalue weighted by atomic mass is 9.48. The molecular formula is C44H67NO6. The predicted molar refractivity (Wildman–Crippen MR) is 202 cm³/mol. The molecule has 1 aromatic carbocycles. The van der Waals surface area contributed by atoms with E-state index in [1.807, 2.05) is 6.07 Å². The number of likely N-dealkylation sites (tertiary alicyclic amines) is 1. The van der Waals surface area contributed by atoms with Gasteiger partial charge in [0.2, 0.25) is 0 Å². The Bertz CT molecular complexity index is 1340. The summed E-state index contributed by atoms with van der Waals surface area (Å²) in [5.41, 5.74) is 1.83. The number of carbonyl (C=O) groups is 2. The van der Waals surface area contributed by atoms with Gasteiger partial charge < -0.3 is 19.3 Å². The zero-order valence-corrected chi connectivity index (χ0v) is 31.8. The third-order valence-corrected chi connectivity index (χ3v) is 12.9. The van der Waals surface area contributed by atoms with Crippen molar-refractivity contribution in [3.05, 3.63) is 35.4 Å². The van der Waals surface area contributed by atoms with Crippen molar-refractivity contribution < 1.29 is 28.9 Å². The Labute approximate surface area is 308 Å². The molecule has 2 saturated carbocycles. The predicted octanol–water partition coefficient (Wildman–Crippen LogP) is 9.69. The summed E-state index contributed by atoms with van der Waals surface area (Å²) in [4.78, 5) is 27.9. The lowest BCUT2D eigenvalue weighted by Gasteiger charge is -2.63. The van der Waals surface area contributed by atoms with Crippen molar-refractivity contribution in [1.82, 2.24) is 4.90 Å². The molecule has 51 heavy (non-hydrogen) atoms. The van der Waals surface area contributed by atoms with Crippen LogP contribution < -0.4 is 9.47 Å². The minimum atomic E-state index is -0.889. The Morgan fingerprint density at radius 2 is 1.49 bits per heavy atom. The lowest BCUT2D eigenvalue weighted by Crippen LogP contribution is -2.75. The number of ether oxygens (including phenoxy) is 3. The Kier molecular flexibility index (Phi) is 13.6. The molecule has 2 aliphatic heterocycles. The number of carbonyl (C=O) groups excluding carboxylic acids is 2. The van der Waals surface area contributed by atoms with E-state index in [0.717, 1.165) is 62.2 Å². The quantitative estimate of drug-likeness (QED) is 0.0496. The van der Waals surface area contributed by atoms with Crippen LogP contribution in [0.3, 0.4) is 0 Å². The molecule has 3 aliphatic carbocycles. The maximum absolute atomic E-state index is 13.0. The van der Waals surface area contributed by atoms with Crippen LogP contribution in [0, 0.1) is 5.92 Å². The van der Waals surface area contributed by atoms with Gasteiger partial charge in [0, 0.05) is 31.0 Å². The molecular weight excluding hydrogens is 638 g/mol. The summed E-state index contributed by atoms with van der Waals surface area (Å²) in [7, 11) is 0. The largest absolute Gasteiger partial charge is 0.481 e. The Hall–Kier alpha value is -2.38. The van der Waals surface area contributed by atoms with E-state index in [1.54, 1.807) is 0 Å². The van der Waals surface area contributed by atoms with Crippen LogP contribution in [0.2, 0.25) is 0 Å². The molecule has 2 heterocycles. The zero-order valence-electron chi connectivity index (χ0n) is 31.8.